The Bertz CT molecular complexity index is 1410. The van der Waals surface area contributed by atoms with Gasteiger partial charge in [0.25, 0.3) is 10.0 Å². The van der Waals surface area contributed by atoms with E-state index in [4.69, 9.17) is 4.74 Å². The third-order valence-corrected chi connectivity index (χ3v) is 8.40. The Morgan fingerprint density at radius 1 is 0.949 bits per heavy atom. The third kappa shape index (κ3) is 6.72. The molecule has 3 aromatic rings. The first-order chi connectivity index (χ1) is 18.5. The molecular weight excluding hydrogens is 531 g/mol. The van der Waals surface area contributed by atoms with Crippen LogP contribution in [-0.2, 0) is 27.5 Å². The normalized spacial score (nSPS) is 14.7. The van der Waals surface area contributed by atoms with E-state index in [1.165, 1.54) is 25.3 Å². The molecule has 0 aliphatic carbocycles. The summed E-state index contributed by atoms with van der Waals surface area (Å²) in [5.41, 5.74) is 0.480. The molecule has 0 unspecified atom stereocenters. The number of methoxy groups -OCH3 is 1. The molecule has 0 bridgehead atoms. The minimum atomic E-state index is -4.69. The number of carbonyl (C=O) groups is 1. The topological polar surface area (TPSA) is 70.2 Å². The van der Waals surface area contributed by atoms with Crippen molar-refractivity contribution in [2.75, 3.05) is 44.1 Å². The maximum Gasteiger partial charge on any atom is 0.416 e. The number of hydrogen-bond donors (Lipinski definition) is 0. The summed E-state index contributed by atoms with van der Waals surface area (Å²) in [6.45, 7) is 3.67. The van der Waals surface area contributed by atoms with Crippen molar-refractivity contribution in [3.05, 3.63) is 89.5 Å². The molecule has 0 spiro atoms. The summed E-state index contributed by atoms with van der Waals surface area (Å²) in [6, 6.07) is 18.4. The lowest BCUT2D eigenvalue weighted by Crippen LogP contribution is -2.51. The van der Waals surface area contributed by atoms with Crippen LogP contribution in [0.2, 0.25) is 0 Å². The van der Waals surface area contributed by atoms with Crippen molar-refractivity contribution >= 4 is 21.6 Å². The first kappa shape index (κ1) is 28.4. The van der Waals surface area contributed by atoms with Crippen molar-refractivity contribution in [2.45, 2.75) is 24.5 Å². The largest absolute Gasteiger partial charge is 0.495 e. The van der Waals surface area contributed by atoms with E-state index in [9.17, 15) is 26.4 Å². The minimum Gasteiger partial charge on any atom is -0.495 e. The first-order valence-electron chi connectivity index (χ1n) is 12.4. The van der Waals surface area contributed by atoms with Gasteiger partial charge in [0.1, 0.15) is 17.2 Å². The van der Waals surface area contributed by atoms with E-state index in [2.05, 4.69) is 4.90 Å². The number of alkyl halides is 3. The second-order valence-corrected chi connectivity index (χ2v) is 11.2. The summed E-state index contributed by atoms with van der Waals surface area (Å²) in [5.74, 6) is -0.471. The number of anilines is 1. The number of piperazine rings is 1. The Morgan fingerprint density at radius 2 is 1.64 bits per heavy atom. The number of hydrogen-bond acceptors (Lipinski definition) is 5. The smallest absolute Gasteiger partial charge is 0.416 e. The maximum absolute atomic E-state index is 13.9. The molecule has 1 fully saturated rings. The van der Waals surface area contributed by atoms with Crippen molar-refractivity contribution in [1.82, 2.24) is 9.80 Å². The molecular formula is C28H30F3N3O4S. The number of nitrogens with zero attached hydrogens (tertiary/aromatic N) is 3. The fourth-order valence-corrected chi connectivity index (χ4v) is 6.13. The van der Waals surface area contributed by atoms with Gasteiger partial charge in [0.15, 0.2) is 0 Å². The van der Waals surface area contributed by atoms with E-state index < -0.39 is 34.2 Å². The van der Waals surface area contributed by atoms with Gasteiger partial charge in [-0.05, 0) is 48.4 Å². The maximum atomic E-state index is 13.9. The summed E-state index contributed by atoms with van der Waals surface area (Å²) in [7, 11) is -3.18. The van der Waals surface area contributed by atoms with Gasteiger partial charge >= 0.3 is 6.18 Å². The van der Waals surface area contributed by atoms with Crippen molar-refractivity contribution in [3.63, 3.8) is 0 Å². The lowest BCUT2D eigenvalue weighted by atomic mass is 10.2. The number of sulfonamides is 1. The summed E-state index contributed by atoms with van der Waals surface area (Å²) in [5, 5.41) is 0. The van der Waals surface area contributed by atoms with Gasteiger partial charge < -0.3 is 9.64 Å². The predicted octanol–water partition coefficient (Wildman–Crippen LogP) is 4.56. The number of aryl methyl sites for hydroxylation is 1. The summed E-state index contributed by atoms with van der Waals surface area (Å²) < 4.78 is 74.3. The second-order valence-electron chi connectivity index (χ2n) is 9.36. The van der Waals surface area contributed by atoms with Crippen LogP contribution in [0.15, 0.2) is 77.7 Å². The molecule has 208 valence electrons. The van der Waals surface area contributed by atoms with Crippen LogP contribution in [0.1, 0.15) is 16.7 Å². The second kappa shape index (κ2) is 11.7. The molecule has 1 saturated heterocycles. The molecule has 11 heteroatoms. The molecule has 0 N–H and O–H groups in total. The van der Waals surface area contributed by atoms with Gasteiger partial charge in [-0.1, -0.05) is 42.5 Å². The number of carbonyl (C=O) groups excluding carboxylic acids is 1. The predicted molar refractivity (Wildman–Crippen MR) is 142 cm³/mol. The van der Waals surface area contributed by atoms with Gasteiger partial charge in [-0.3, -0.25) is 14.0 Å². The van der Waals surface area contributed by atoms with Crippen LogP contribution in [0.25, 0.3) is 0 Å². The fourth-order valence-electron chi connectivity index (χ4n) is 4.48. The molecule has 1 aliphatic rings. The fraction of sp³-hybridized carbons (Fsp3) is 0.321. The summed E-state index contributed by atoms with van der Waals surface area (Å²) >= 11 is 0. The lowest BCUT2D eigenvalue weighted by Gasteiger charge is -2.36. The highest BCUT2D eigenvalue weighted by molar-refractivity contribution is 7.93. The molecule has 0 saturated carbocycles. The van der Waals surface area contributed by atoms with Gasteiger partial charge in [-0.25, -0.2) is 8.42 Å². The molecule has 0 radical (unpaired) electrons. The van der Waals surface area contributed by atoms with Crippen LogP contribution in [0.3, 0.4) is 0 Å². The van der Waals surface area contributed by atoms with E-state index in [1.807, 2.05) is 30.3 Å². The molecule has 3 aromatic carbocycles. The van der Waals surface area contributed by atoms with Crippen LogP contribution in [-0.4, -0.2) is 64.0 Å². The summed E-state index contributed by atoms with van der Waals surface area (Å²) in [6.07, 6.45) is -4.69. The molecule has 0 aromatic heterocycles. The molecule has 39 heavy (non-hydrogen) atoms. The molecule has 0 atom stereocenters. The minimum absolute atomic E-state index is 0.0274. The average Bonchev–Trinajstić information content (AvgIpc) is 2.92. The molecule has 7 nitrogen and oxygen atoms in total. The van der Waals surface area contributed by atoms with E-state index in [1.54, 1.807) is 17.9 Å². The molecule has 1 aliphatic heterocycles. The van der Waals surface area contributed by atoms with Crippen LogP contribution in [0.5, 0.6) is 5.75 Å². The van der Waals surface area contributed by atoms with Crippen LogP contribution in [0, 0.1) is 6.92 Å². The number of halogens is 3. The van der Waals surface area contributed by atoms with Crippen molar-refractivity contribution in [2.24, 2.45) is 0 Å². The summed E-state index contributed by atoms with van der Waals surface area (Å²) in [4.78, 5) is 16.9. The molecule has 4 rings (SSSR count). The SMILES string of the molecule is COc1ccc(C)cc1S(=O)(=O)N(CC(=O)N1CCN(Cc2ccccc2)CC1)c1cccc(C(F)(F)F)c1. The number of amides is 1. The highest BCUT2D eigenvalue weighted by atomic mass is 32.2. The van der Waals surface area contributed by atoms with Crippen molar-refractivity contribution < 1.29 is 31.1 Å². The first-order valence-corrected chi connectivity index (χ1v) is 13.8. The zero-order valence-corrected chi connectivity index (χ0v) is 22.5. The highest BCUT2D eigenvalue weighted by Gasteiger charge is 2.35. The zero-order chi connectivity index (χ0) is 28.2. The Morgan fingerprint density at radius 3 is 2.28 bits per heavy atom. The third-order valence-electron chi connectivity index (χ3n) is 6.60. The van der Waals surface area contributed by atoms with Crippen molar-refractivity contribution in [3.8, 4) is 5.75 Å². The van der Waals surface area contributed by atoms with Crippen LogP contribution < -0.4 is 9.04 Å². The Labute approximate surface area is 226 Å². The number of benzene rings is 3. The van der Waals surface area contributed by atoms with Gasteiger partial charge in [0.05, 0.1) is 18.4 Å². The van der Waals surface area contributed by atoms with E-state index >= 15 is 0 Å². The van der Waals surface area contributed by atoms with E-state index in [-0.39, 0.29) is 16.3 Å². The van der Waals surface area contributed by atoms with E-state index in [0.717, 1.165) is 34.6 Å². The average molecular weight is 562 g/mol. The zero-order valence-electron chi connectivity index (χ0n) is 21.7. The molecule has 1 heterocycles. The van der Waals surface area contributed by atoms with Gasteiger partial charge in [-0.15, -0.1) is 0 Å². The highest BCUT2D eigenvalue weighted by Crippen LogP contribution is 2.35. The lowest BCUT2D eigenvalue weighted by molar-refractivity contribution is -0.137. The van der Waals surface area contributed by atoms with Crippen molar-refractivity contribution in [1.29, 1.82) is 0 Å². The Balaban J connectivity index is 1.61. The van der Waals surface area contributed by atoms with E-state index in [0.29, 0.717) is 31.7 Å². The van der Waals surface area contributed by atoms with Gasteiger partial charge in [0.2, 0.25) is 5.91 Å². The molecule has 1 amide bonds. The van der Waals surface area contributed by atoms with Crippen LogP contribution in [0.4, 0.5) is 18.9 Å². The Kier molecular flexibility index (Phi) is 8.51. The van der Waals surface area contributed by atoms with Gasteiger partial charge in [-0.2, -0.15) is 13.2 Å². The number of rotatable bonds is 8. The van der Waals surface area contributed by atoms with Crippen LogP contribution >= 0.6 is 0 Å². The standard InChI is InChI=1S/C28H30F3N3O4S/c1-21-11-12-25(38-2)26(17-21)39(36,37)34(24-10-6-9-23(18-24)28(29,30)31)20-27(35)33-15-13-32(14-16-33)19-22-7-4-3-5-8-22/h3-12,17-18H,13-16,19-20H2,1-2H3. The number of ether oxygens (including phenoxy) is 1. The Hall–Kier alpha value is -3.57. The van der Waals surface area contributed by atoms with Gasteiger partial charge in [0, 0.05) is 32.7 Å². The quantitative estimate of drug-likeness (QED) is 0.403. The monoisotopic (exact) mass is 561 g/mol.